The molecule has 21 heavy (non-hydrogen) atoms. The van der Waals surface area contributed by atoms with E-state index in [2.05, 4.69) is 43.0 Å². The van der Waals surface area contributed by atoms with E-state index < -0.39 is 0 Å². The highest BCUT2D eigenvalue weighted by molar-refractivity contribution is 5.62. The molecule has 1 unspecified atom stereocenters. The standard InChI is InChI=1S/C18H21NO2/c1-3-19-12-16(10-14-6-4-5-13(2)9-14)21-18-8-7-15(20)11-17(18)19/h4-9,11,16,20H,3,10,12H2,1-2H3. The van der Waals surface area contributed by atoms with Gasteiger partial charge in [0.2, 0.25) is 0 Å². The maximum atomic E-state index is 9.65. The molecule has 1 aliphatic rings. The lowest BCUT2D eigenvalue weighted by Gasteiger charge is -2.36. The molecule has 2 aromatic carbocycles. The van der Waals surface area contributed by atoms with Crippen molar-refractivity contribution < 1.29 is 9.84 Å². The molecule has 2 aromatic rings. The van der Waals surface area contributed by atoms with Crippen molar-refractivity contribution in [3.63, 3.8) is 0 Å². The Hall–Kier alpha value is -2.16. The molecule has 1 atom stereocenters. The summed E-state index contributed by atoms with van der Waals surface area (Å²) < 4.78 is 6.11. The van der Waals surface area contributed by atoms with E-state index in [1.165, 1.54) is 11.1 Å². The number of nitrogens with zero attached hydrogens (tertiary/aromatic N) is 1. The Morgan fingerprint density at radius 1 is 1.24 bits per heavy atom. The van der Waals surface area contributed by atoms with Gasteiger partial charge in [-0.2, -0.15) is 0 Å². The van der Waals surface area contributed by atoms with Crippen LogP contribution in [0.5, 0.6) is 11.5 Å². The average Bonchev–Trinajstić information content (AvgIpc) is 2.47. The second-order valence-corrected chi connectivity index (χ2v) is 5.62. The summed E-state index contributed by atoms with van der Waals surface area (Å²) in [4.78, 5) is 2.26. The first-order chi connectivity index (χ1) is 10.2. The van der Waals surface area contributed by atoms with E-state index in [0.717, 1.165) is 30.9 Å². The van der Waals surface area contributed by atoms with Crippen molar-refractivity contribution in [3.05, 3.63) is 53.6 Å². The highest BCUT2D eigenvalue weighted by Gasteiger charge is 2.25. The summed E-state index contributed by atoms with van der Waals surface area (Å²) in [6, 6.07) is 13.9. The van der Waals surface area contributed by atoms with E-state index in [4.69, 9.17) is 4.74 Å². The monoisotopic (exact) mass is 283 g/mol. The second-order valence-electron chi connectivity index (χ2n) is 5.62. The number of benzene rings is 2. The van der Waals surface area contributed by atoms with Gasteiger partial charge in [-0.1, -0.05) is 29.8 Å². The summed E-state index contributed by atoms with van der Waals surface area (Å²) in [6.07, 6.45) is 1.04. The van der Waals surface area contributed by atoms with Gasteiger partial charge in [0.25, 0.3) is 0 Å². The highest BCUT2D eigenvalue weighted by Crippen LogP contribution is 2.36. The van der Waals surface area contributed by atoms with Gasteiger partial charge in [0, 0.05) is 19.0 Å². The van der Waals surface area contributed by atoms with Crippen LogP contribution in [0.2, 0.25) is 0 Å². The molecule has 3 nitrogen and oxygen atoms in total. The fourth-order valence-electron chi connectivity index (χ4n) is 2.92. The van der Waals surface area contributed by atoms with E-state index in [1.54, 1.807) is 12.1 Å². The molecule has 0 saturated heterocycles. The normalized spacial score (nSPS) is 17.2. The van der Waals surface area contributed by atoms with Gasteiger partial charge in [-0.25, -0.2) is 0 Å². The van der Waals surface area contributed by atoms with Gasteiger partial charge < -0.3 is 14.7 Å². The molecule has 3 rings (SSSR count). The molecule has 0 fully saturated rings. The zero-order valence-corrected chi connectivity index (χ0v) is 12.5. The van der Waals surface area contributed by atoms with E-state index in [1.807, 2.05) is 6.07 Å². The second kappa shape index (κ2) is 5.68. The molecule has 0 aliphatic carbocycles. The van der Waals surface area contributed by atoms with E-state index in [0.29, 0.717) is 0 Å². The molecule has 110 valence electrons. The highest BCUT2D eigenvalue weighted by atomic mass is 16.5. The third-order valence-corrected chi connectivity index (χ3v) is 3.93. The van der Waals surface area contributed by atoms with E-state index in [-0.39, 0.29) is 11.9 Å². The maximum absolute atomic E-state index is 9.65. The number of aryl methyl sites for hydroxylation is 1. The van der Waals surface area contributed by atoms with Crippen LogP contribution in [-0.2, 0) is 6.42 Å². The number of rotatable bonds is 3. The van der Waals surface area contributed by atoms with Crippen LogP contribution in [0.15, 0.2) is 42.5 Å². The Balaban J connectivity index is 1.82. The summed E-state index contributed by atoms with van der Waals surface area (Å²) >= 11 is 0. The van der Waals surface area contributed by atoms with Crippen LogP contribution < -0.4 is 9.64 Å². The van der Waals surface area contributed by atoms with Gasteiger partial charge in [-0.05, 0) is 31.5 Å². The Morgan fingerprint density at radius 3 is 2.86 bits per heavy atom. The van der Waals surface area contributed by atoms with Crippen molar-refractivity contribution in [2.45, 2.75) is 26.4 Å². The number of aromatic hydroxyl groups is 1. The predicted molar refractivity (Wildman–Crippen MR) is 85.3 cm³/mol. The van der Waals surface area contributed by atoms with Crippen LogP contribution >= 0.6 is 0 Å². The number of hydrogen-bond acceptors (Lipinski definition) is 3. The number of anilines is 1. The lowest BCUT2D eigenvalue weighted by atomic mass is 10.0. The van der Waals surface area contributed by atoms with Crippen LogP contribution in [0.25, 0.3) is 0 Å². The van der Waals surface area contributed by atoms with Crippen LogP contribution in [0.3, 0.4) is 0 Å². The first-order valence-electron chi connectivity index (χ1n) is 7.46. The SMILES string of the molecule is CCN1CC(Cc2cccc(C)c2)Oc2ccc(O)cc21. The van der Waals surface area contributed by atoms with Crippen LogP contribution in [-0.4, -0.2) is 24.3 Å². The lowest BCUT2D eigenvalue weighted by Crippen LogP contribution is -2.41. The molecular weight excluding hydrogens is 262 g/mol. The van der Waals surface area contributed by atoms with Crippen molar-refractivity contribution >= 4 is 5.69 Å². The van der Waals surface area contributed by atoms with Gasteiger partial charge in [0.1, 0.15) is 17.6 Å². The summed E-state index contributed by atoms with van der Waals surface area (Å²) in [5.41, 5.74) is 3.57. The largest absolute Gasteiger partial charge is 0.508 e. The Labute approximate surface area is 125 Å². The van der Waals surface area contributed by atoms with Crippen molar-refractivity contribution in [2.24, 2.45) is 0 Å². The smallest absolute Gasteiger partial charge is 0.143 e. The number of hydrogen-bond donors (Lipinski definition) is 1. The maximum Gasteiger partial charge on any atom is 0.143 e. The molecule has 0 bridgehead atoms. The third kappa shape index (κ3) is 2.97. The van der Waals surface area contributed by atoms with Crippen molar-refractivity contribution in [1.82, 2.24) is 0 Å². The average molecular weight is 283 g/mol. The molecule has 1 heterocycles. The fraction of sp³-hybridized carbons (Fsp3) is 0.333. The molecule has 1 N–H and O–H groups in total. The molecule has 0 spiro atoms. The first kappa shape index (κ1) is 13.8. The molecule has 0 amide bonds. The van der Waals surface area contributed by atoms with Gasteiger partial charge in [0.05, 0.1) is 12.2 Å². The van der Waals surface area contributed by atoms with Gasteiger partial charge >= 0.3 is 0 Å². The molecule has 3 heteroatoms. The topological polar surface area (TPSA) is 32.7 Å². The summed E-state index contributed by atoms with van der Waals surface area (Å²) in [5, 5.41) is 9.65. The molecule has 1 aliphatic heterocycles. The summed E-state index contributed by atoms with van der Waals surface area (Å²) in [6.45, 7) is 6.00. The minimum Gasteiger partial charge on any atom is -0.508 e. The number of phenols is 1. The van der Waals surface area contributed by atoms with Crippen molar-refractivity contribution in [3.8, 4) is 11.5 Å². The third-order valence-electron chi connectivity index (χ3n) is 3.93. The zero-order valence-electron chi connectivity index (χ0n) is 12.5. The summed E-state index contributed by atoms with van der Waals surface area (Å²) in [5.74, 6) is 1.14. The Bertz CT molecular complexity index is 639. The summed E-state index contributed by atoms with van der Waals surface area (Å²) in [7, 11) is 0. The molecule has 0 saturated carbocycles. The van der Waals surface area contributed by atoms with E-state index >= 15 is 0 Å². The minimum absolute atomic E-state index is 0.142. The van der Waals surface area contributed by atoms with Crippen molar-refractivity contribution in [2.75, 3.05) is 18.0 Å². The van der Waals surface area contributed by atoms with Crippen LogP contribution in [0.4, 0.5) is 5.69 Å². The number of phenolic OH excluding ortho intramolecular Hbond substituents is 1. The number of ether oxygens (including phenoxy) is 1. The van der Waals surface area contributed by atoms with Gasteiger partial charge in [0.15, 0.2) is 0 Å². The van der Waals surface area contributed by atoms with Crippen LogP contribution in [0, 0.1) is 6.92 Å². The first-order valence-corrected chi connectivity index (χ1v) is 7.46. The zero-order chi connectivity index (χ0) is 14.8. The fourth-order valence-corrected chi connectivity index (χ4v) is 2.92. The quantitative estimate of drug-likeness (QED) is 0.935. The van der Waals surface area contributed by atoms with Gasteiger partial charge in [-0.3, -0.25) is 0 Å². The van der Waals surface area contributed by atoms with Gasteiger partial charge in [-0.15, -0.1) is 0 Å². The van der Waals surface area contributed by atoms with Crippen LogP contribution in [0.1, 0.15) is 18.1 Å². The number of fused-ring (bicyclic) bond motifs is 1. The van der Waals surface area contributed by atoms with E-state index in [9.17, 15) is 5.11 Å². The Morgan fingerprint density at radius 2 is 2.10 bits per heavy atom. The minimum atomic E-state index is 0.142. The molecule has 0 radical (unpaired) electrons. The Kier molecular flexibility index (Phi) is 3.74. The molecule has 0 aromatic heterocycles. The lowest BCUT2D eigenvalue weighted by molar-refractivity contribution is 0.194. The molecular formula is C18H21NO2. The predicted octanol–water partition coefficient (Wildman–Crippen LogP) is 3.53. The van der Waals surface area contributed by atoms with Crippen molar-refractivity contribution in [1.29, 1.82) is 0 Å². The number of likely N-dealkylation sites (N-methyl/N-ethyl adjacent to an activating group) is 1.